The molecule has 0 aliphatic carbocycles. The maximum atomic E-state index is 13.2. The third-order valence-corrected chi connectivity index (χ3v) is 5.90. The van der Waals surface area contributed by atoms with Gasteiger partial charge in [0.2, 0.25) is 18.0 Å². The molecule has 0 aromatic heterocycles. The molecular weight excluding hydrogens is 477 g/mol. The number of benzene rings is 2. The molecule has 0 spiro atoms. The van der Waals surface area contributed by atoms with Gasteiger partial charge in [-0.25, -0.2) is 4.99 Å². The number of nitrogens with zero attached hydrogens (tertiary/aromatic N) is 1. The molecular formula is C25H27F3N4O4. The largest absolute Gasteiger partial charge is 0.506 e. The molecule has 1 heterocycles. The minimum atomic E-state index is -4.55. The summed E-state index contributed by atoms with van der Waals surface area (Å²) in [5, 5.41) is 15.3. The van der Waals surface area contributed by atoms with Gasteiger partial charge in [-0.1, -0.05) is 55.8 Å². The summed E-state index contributed by atoms with van der Waals surface area (Å²) in [7, 11) is 0. The third-order valence-electron chi connectivity index (χ3n) is 5.90. The number of anilines is 1. The summed E-state index contributed by atoms with van der Waals surface area (Å²) in [6, 6.07) is 13.3. The van der Waals surface area contributed by atoms with Gasteiger partial charge in [-0.15, -0.1) is 0 Å². The zero-order valence-corrected chi connectivity index (χ0v) is 19.5. The van der Waals surface area contributed by atoms with E-state index in [0.29, 0.717) is 17.5 Å². The van der Waals surface area contributed by atoms with Gasteiger partial charge in [0.05, 0.1) is 11.4 Å². The second kappa shape index (κ2) is 11.2. The lowest BCUT2D eigenvalue weighted by atomic mass is 9.83. The maximum Gasteiger partial charge on any atom is 0.389 e. The number of para-hydroxylation sites is 1. The van der Waals surface area contributed by atoms with Crippen molar-refractivity contribution in [2.45, 2.75) is 44.9 Å². The summed E-state index contributed by atoms with van der Waals surface area (Å²) >= 11 is 0. The molecule has 11 heteroatoms. The van der Waals surface area contributed by atoms with Crippen LogP contribution in [0.15, 0.2) is 53.5 Å². The van der Waals surface area contributed by atoms with Gasteiger partial charge in [-0.05, 0) is 18.9 Å². The maximum absolute atomic E-state index is 13.2. The summed E-state index contributed by atoms with van der Waals surface area (Å²) in [5.74, 6) is -5.43. The number of aromatic hydroxyl groups is 1. The summed E-state index contributed by atoms with van der Waals surface area (Å²) < 4.78 is 38.9. The number of phenols is 1. The lowest BCUT2D eigenvalue weighted by Gasteiger charge is -2.25. The lowest BCUT2D eigenvalue weighted by Crippen LogP contribution is -2.48. The first-order valence-electron chi connectivity index (χ1n) is 11.4. The number of carbonyl (C=O) groups is 3. The molecule has 3 rings (SSSR count). The van der Waals surface area contributed by atoms with Crippen LogP contribution in [-0.2, 0) is 14.4 Å². The summed E-state index contributed by atoms with van der Waals surface area (Å²) in [5.41, 5.74) is 6.75. The van der Waals surface area contributed by atoms with Crippen molar-refractivity contribution >= 4 is 29.1 Å². The number of rotatable bonds is 9. The van der Waals surface area contributed by atoms with Crippen LogP contribution < -0.4 is 16.4 Å². The zero-order valence-electron chi connectivity index (χ0n) is 19.5. The first-order chi connectivity index (χ1) is 17.0. The van der Waals surface area contributed by atoms with Gasteiger partial charge in [0.1, 0.15) is 5.75 Å². The number of nitrogens with two attached hydrogens (primary N) is 1. The molecule has 1 aliphatic heterocycles. The van der Waals surface area contributed by atoms with Crippen LogP contribution in [-0.4, -0.2) is 40.9 Å². The second-order valence-electron chi connectivity index (χ2n) is 8.50. The Kier molecular flexibility index (Phi) is 8.33. The van der Waals surface area contributed by atoms with E-state index in [1.165, 1.54) is 6.07 Å². The van der Waals surface area contributed by atoms with E-state index < -0.39 is 54.7 Å². The fourth-order valence-electron chi connectivity index (χ4n) is 4.17. The Morgan fingerprint density at radius 2 is 1.81 bits per heavy atom. The third kappa shape index (κ3) is 6.41. The number of fused-ring (bicyclic) bond motifs is 1. The lowest BCUT2D eigenvalue weighted by molar-refractivity contribution is -0.146. The molecule has 8 nitrogen and oxygen atoms in total. The van der Waals surface area contributed by atoms with E-state index in [4.69, 9.17) is 5.73 Å². The number of phenolic OH excluding ortho intramolecular Hbond substituents is 1. The normalized spacial score (nSPS) is 17.2. The molecule has 2 aromatic carbocycles. The number of alkyl halides is 3. The monoisotopic (exact) mass is 504 g/mol. The molecule has 0 saturated carbocycles. The van der Waals surface area contributed by atoms with E-state index in [1.807, 2.05) is 0 Å². The Morgan fingerprint density at radius 3 is 2.42 bits per heavy atom. The van der Waals surface area contributed by atoms with Crippen LogP contribution in [0.3, 0.4) is 0 Å². The SMILES string of the molecule is CCCC(C(N)=O)C(CCC(F)(F)F)C(=O)NC1N=C(c2ccccc2)c2cccc(O)c2NC1=O. The number of halogens is 3. The van der Waals surface area contributed by atoms with Crippen LogP contribution in [0.5, 0.6) is 5.75 Å². The number of aliphatic imine (C=N–C) groups is 1. The van der Waals surface area contributed by atoms with Gasteiger partial charge < -0.3 is 21.5 Å². The van der Waals surface area contributed by atoms with E-state index in [2.05, 4.69) is 15.6 Å². The van der Waals surface area contributed by atoms with Crippen molar-refractivity contribution < 1.29 is 32.7 Å². The Bertz CT molecular complexity index is 1150. The van der Waals surface area contributed by atoms with Gasteiger partial charge in [0.25, 0.3) is 5.91 Å². The van der Waals surface area contributed by atoms with E-state index in [1.54, 1.807) is 49.4 Å². The van der Waals surface area contributed by atoms with Crippen LogP contribution in [0.2, 0.25) is 0 Å². The minimum Gasteiger partial charge on any atom is -0.506 e. The van der Waals surface area contributed by atoms with Crippen molar-refractivity contribution in [1.29, 1.82) is 0 Å². The number of carbonyl (C=O) groups excluding carboxylic acids is 3. The quantitative estimate of drug-likeness (QED) is 0.389. The smallest absolute Gasteiger partial charge is 0.389 e. The Morgan fingerprint density at radius 1 is 1.11 bits per heavy atom. The van der Waals surface area contributed by atoms with Crippen molar-refractivity contribution in [1.82, 2.24) is 5.32 Å². The predicted molar refractivity (Wildman–Crippen MR) is 127 cm³/mol. The number of primary amides is 1. The molecule has 3 amide bonds. The van der Waals surface area contributed by atoms with E-state index in [-0.39, 0.29) is 23.6 Å². The first-order valence-corrected chi connectivity index (χ1v) is 11.4. The number of hydrogen-bond acceptors (Lipinski definition) is 5. The summed E-state index contributed by atoms with van der Waals surface area (Å²) in [6.07, 6.45) is -7.54. The molecule has 0 bridgehead atoms. The van der Waals surface area contributed by atoms with Gasteiger partial charge in [-0.2, -0.15) is 13.2 Å². The molecule has 2 aromatic rings. The van der Waals surface area contributed by atoms with E-state index in [0.717, 1.165) is 0 Å². The zero-order chi connectivity index (χ0) is 26.5. The fraction of sp³-hybridized carbons (Fsp3) is 0.360. The molecule has 36 heavy (non-hydrogen) atoms. The van der Waals surface area contributed by atoms with Gasteiger partial charge in [-0.3, -0.25) is 14.4 Å². The molecule has 3 unspecified atom stereocenters. The number of nitrogens with one attached hydrogen (secondary N) is 2. The fourth-order valence-corrected chi connectivity index (χ4v) is 4.17. The van der Waals surface area contributed by atoms with Crippen LogP contribution in [0, 0.1) is 11.8 Å². The van der Waals surface area contributed by atoms with Gasteiger partial charge >= 0.3 is 6.18 Å². The van der Waals surface area contributed by atoms with Crippen LogP contribution in [0.1, 0.15) is 43.7 Å². The van der Waals surface area contributed by atoms with Gasteiger partial charge in [0.15, 0.2) is 0 Å². The van der Waals surface area contributed by atoms with Crippen molar-refractivity contribution in [3.8, 4) is 5.75 Å². The molecule has 0 saturated heterocycles. The van der Waals surface area contributed by atoms with Crippen LogP contribution in [0.4, 0.5) is 18.9 Å². The molecule has 3 atom stereocenters. The number of amides is 3. The molecule has 1 aliphatic rings. The minimum absolute atomic E-state index is 0.0801. The van der Waals surface area contributed by atoms with Crippen molar-refractivity contribution in [3.05, 3.63) is 59.7 Å². The Hall–Kier alpha value is -3.89. The van der Waals surface area contributed by atoms with E-state index >= 15 is 0 Å². The Labute approximate surface area is 205 Å². The van der Waals surface area contributed by atoms with Crippen molar-refractivity contribution in [3.63, 3.8) is 0 Å². The highest BCUT2D eigenvalue weighted by Crippen LogP contribution is 2.33. The highest BCUT2D eigenvalue weighted by Gasteiger charge is 2.38. The predicted octanol–water partition coefficient (Wildman–Crippen LogP) is 3.48. The van der Waals surface area contributed by atoms with E-state index in [9.17, 15) is 32.7 Å². The average molecular weight is 505 g/mol. The number of hydrogen-bond donors (Lipinski definition) is 4. The number of benzodiazepines with no additional fused rings is 1. The molecule has 5 N–H and O–H groups in total. The Balaban J connectivity index is 1.99. The standard InChI is InChI=1S/C25H27F3N4O4/c1-2-7-15(21(29)34)16(12-13-25(26,27)28)23(35)32-22-24(36)31-20-17(10-6-11-18(20)33)19(30-22)14-8-4-3-5-9-14/h3-6,8-11,15-16,22,33H,2,7,12-13H2,1H3,(H2,29,34)(H,31,36)(H,32,35). The molecule has 0 radical (unpaired) electrons. The first kappa shape index (κ1) is 26.7. The second-order valence-corrected chi connectivity index (χ2v) is 8.50. The molecule has 192 valence electrons. The van der Waals surface area contributed by atoms with Gasteiger partial charge in [0, 0.05) is 29.4 Å². The topological polar surface area (TPSA) is 134 Å². The van der Waals surface area contributed by atoms with Crippen molar-refractivity contribution in [2.24, 2.45) is 22.6 Å². The average Bonchev–Trinajstić information content (AvgIpc) is 2.95. The molecule has 0 fully saturated rings. The highest BCUT2D eigenvalue weighted by atomic mass is 19.4. The van der Waals surface area contributed by atoms with Crippen molar-refractivity contribution in [2.75, 3.05) is 5.32 Å². The van der Waals surface area contributed by atoms with Crippen LogP contribution >= 0.6 is 0 Å². The highest BCUT2D eigenvalue weighted by molar-refractivity contribution is 6.20. The summed E-state index contributed by atoms with van der Waals surface area (Å²) in [6.45, 7) is 1.72. The summed E-state index contributed by atoms with van der Waals surface area (Å²) in [4.78, 5) is 42.6. The van der Waals surface area contributed by atoms with Crippen LogP contribution in [0.25, 0.3) is 0 Å².